The molecule has 0 atom stereocenters. The Morgan fingerprint density at radius 2 is 1.55 bits per heavy atom. The number of aliphatic hydroxyl groups is 1. The number of aliphatic hydroxyl groups excluding tert-OH is 1. The van der Waals surface area contributed by atoms with Crippen molar-refractivity contribution in [3.63, 3.8) is 0 Å². The number of nitrogens with zero attached hydrogens (tertiary/aromatic N) is 1. The summed E-state index contributed by atoms with van der Waals surface area (Å²) in [6, 6.07) is 0. The van der Waals surface area contributed by atoms with Crippen molar-refractivity contribution in [2.24, 2.45) is 0 Å². The van der Waals surface area contributed by atoms with Gasteiger partial charge in [-0.25, -0.2) is 9.55 Å². The summed E-state index contributed by atoms with van der Waals surface area (Å²) in [5.74, 6) is 0. The van der Waals surface area contributed by atoms with Crippen molar-refractivity contribution in [3.05, 3.63) is 18.2 Å². The van der Waals surface area contributed by atoms with Crippen LogP contribution in [0.25, 0.3) is 0 Å². The average molecular weight is 281 g/mol. The molecule has 0 aliphatic rings. The average Bonchev–Trinajstić information content (AvgIpc) is 2.89. The van der Waals surface area contributed by atoms with Gasteiger partial charge in [-0.05, 0) is 6.42 Å². The number of aromatic nitrogens is 2. The van der Waals surface area contributed by atoms with Crippen molar-refractivity contribution in [1.29, 1.82) is 0 Å². The molecule has 0 aromatic carbocycles. The second-order valence-electron chi connectivity index (χ2n) is 5.82. The third kappa shape index (κ3) is 8.36. The van der Waals surface area contributed by atoms with E-state index in [1.165, 1.54) is 69.9 Å². The van der Waals surface area contributed by atoms with Gasteiger partial charge in [0.05, 0.1) is 6.61 Å². The zero-order chi connectivity index (χ0) is 14.5. The molecule has 0 unspecified atom stereocenters. The second kappa shape index (κ2) is 12.0. The van der Waals surface area contributed by atoms with Gasteiger partial charge in [-0.15, -0.1) is 0 Å². The van der Waals surface area contributed by atoms with Gasteiger partial charge in [0, 0.05) is 6.42 Å². The third-order valence-corrected chi connectivity index (χ3v) is 3.90. The molecule has 0 aliphatic heterocycles. The van der Waals surface area contributed by atoms with Crippen LogP contribution in [0.1, 0.15) is 76.8 Å². The largest absolute Gasteiger partial charge is 0.392 e. The van der Waals surface area contributed by atoms with Gasteiger partial charge in [0.1, 0.15) is 18.4 Å². The number of H-pyrrole nitrogens is 1. The topological polar surface area (TPSA) is 39.9 Å². The quantitative estimate of drug-likeness (QED) is 0.419. The Morgan fingerprint density at radius 1 is 0.950 bits per heavy atom. The molecule has 0 bridgehead atoms. The zero-order valence-electron chi connectivity index (χ0n) is 13.2. The minimum Gasteiger partial charge on any atom is -0.392 e. The van der Waals surface area contributed by atoms with Crippen molar-refractivity contribution >= 4 is 0 Å². The molecule has 0 amide bonds. The summed E-state index contributed by atoms with van der Waals surface area (Å²) in [5, 5.41) is 8.86. The monoisotopic (exact) mass is 281 g/mol. The summed E-state index contributed by atoms with van der Waals surface area (Å²) in [4.78, 5) is 3.27. The number of hydrogen-bond acceptors (Lipinski definition) is 1. The van der Waals surface area contributed by atoms with E-state index in [1.807, 2.05) is 10.9 Å². The van der Waals surface area contributed by atoms with Crippen LogP contribution in [0.3, 0.4) is 0 Å². The summed E-state index contributed by atoms with van der Waals surface area (Å²) in [6.07, 6.45) is 19.1. The normalized spacial score (nSPS) is 11.1. The predicted molar refractivity (Wildman–Crippen MR) is 83.6 cm³/mol. The van der Waals surface area contributed by atoms with E-state index in [1.54, 1.807) is 0 Å². The van der Waals surface area contributed by atoms with Gasteiger partial charge in [0.2, 0.25) is 6.33 Å². The van der Waals surface area contributed by atoms with E-state index in [-0.39, 0.29) is 6.61 Å². The molecule has 1 aromatic rings. The fraction of sp³-hybridized carbons (Fsp3) is 0.824. The number of rotatable bonds is 13. The number of aryl methyl sites for hydroxylation is 1. The zero-order valence-corrected chi connectivity index (χ0v) is 13.2. The maximum absolute atomic E-state index is 8.86. The molecule has 0 saturated carbocycles. The van der Waals surface area contributed by atoms with Crippen LogP contribution in [0, 0.1) is 0 Å². The van der Waals surface area contributed by atoms with Gasteiger partial charge in [0.15, 0.2) is 0 Å². The Morgan fingerprint density at radius 3 is 2.15 bits per heavy atom. The lowest BCUT2D eigenvalue weighted by Crippen LogP contribution is -2.32. The van der Waals surface area contributed by atoms with Gasteiger partial charge in [-0.1, -0.05) is 64.7 Å². The van der Waals surface area contributed by atoms with E-state index in [4.69, 9.17) is 5.11 Å². The van der Waals surface area contributed by atoms with E-state index in [2.05, 4.69) is 18.1 Å². The molecule has 3 heteroatoms. The number of unbranched alkanes of at least 4 members (excludes halogenated alkanes) is 9. The number of nitrogens with one attached hydrogen (secondary N) is 1. The first-order valence-electron chi connectivity index (χ1n) is 8.54. The van der Waals surface area contributed by atoms with E-state index in [0.717, 1.165) is 6.42 Å². The minimum absolute atomic E-state index is 0.209. The SMILES string of the molecule is CCCCCCCCCCCCc1c[n+](CCO)c[nH]1. The van der Waals surface area contributed by atoms with Crippen LogP contribution in [0.5, 0.6) is 0 Å². The first-order chi connectivity index (χ1) is 9.86. The van der Waals surface area contributed by atoms with E-state index in [0.29, 0.717) is 6.54 Å². The summed E-state index contributed by atoms with van der Waals surface area (Å²) < 4.78 is 2.02. The third-order valence-electron chi connectivity index (χ3n) is 3.90. The van der Waals surface area contributed by atoms with Crippen molar-refractivity contribution in [2.75, 3.05) is 6.61 Å². The molecular formula is C17H33N2O+. The molecule has 0 radical (unpaired) electrons. The van der Waals surface area contributed by atoms with Crippen LogP contribution in [0.15, 0.2) is 12.5 Å². The van der Waals surface area contributed by atoms with Crippen molar-refractivity contribution < 1.29 is 9.67 Å². The molecule has 0 spiro atoms. The summed E-state index contributed by atoms with van der Waals surface area (Å²) in [7, 11) is 0. The van der Waals surface area contributed by atoms with Gasteiger partial charge in [-0.2, -0.15) is 0 Å². The Kier molecular flexibility index (Phi) is 10.3. The van der Waals surface area contributed by atoms with E-state index in [9.17, 15) is 0 Å². The standard InChI is InChI=1S/C17H32N2O/c1-2-3-4-5-6-7-8-9-10-11-12-17-15-19(13-14-20)16-18-17/h15-16,20H,2-14H2,1H3/p+1. The van der Waals surface area contributed by atoms with E-state index < -0.39 is 0 Å². The maximum atomic E-state index is 8.86. The summed E-state index contributed by atoms with van der Waals surface area (Å²) >= 11 is 0. The first kappa shape index (κ1) is 17.2. The lowest BCUT2D eigenvalue weighted by molar-refractivity contribution is -0.697. The Bertz CT molecular complexity index is 323. The molecular weight excluding hydrogens is 248 g/mol. The highest BCUT2D eigenvalue weighted by Gasteiger charge is 2.04. The number of hydrogen-bond donors (Lipinski definition) is 2. The maximum Gasteiger partial charge on any atom is 0.241 e. The molecule has 20 heavy (non-hydrogen) atoms. The summed E-state index contributed by atoms with van der Waals surface area (Å²) in [6.45, 7) is 3.17. The van der Waals surface area contributed by atoms with Crippen LogP contribution < -0.4 is 4.57 Å². The molecule has 1 aromatic heterocycles. The lowest BCUT2D eigenvalue weighted by Gasteiger charge is -2.01. The molecule has 0 aliphatic carbocycles. The highest BCUT2D eigenvalue weighted by molar-refractivity contribution is 4.89. The molecule has 2 N–H and O–H groups in total. The van der Waals surface area contributed by atoms with Crippen LogP contribution in [-0.4, -0.2) is 16.7 Å². The van der Waals surface area contributed by atoms with Crippen LogP contribution in [0.2, 0.25) is 0 Å². The van der Waals surface area contributed by atoms with Crippen LogP contribution >= 0.6 is 0 Å². The first-order valence-corrected chi connectivity index (χ1v) is 8.54. The van der Waals surface area contributed by atoms with Crippen molar-refractivity contribution in [3.8, 4) is 0 Å². The van der Waals surface area contributed by atoms with Gasteiger partial charge >= 0.3 is 0 Å². The molecule has 116 valence electrons. The highest BCUT2D eigenvalue weighted by Crippen LogP contribution is 2.11. The fourth-order valence-electron chi connectivity index (χ4n) is 2.62. The molecule has 1 heterocycles. The van der Waals surface area contributed by atoms with E-state index >= 15 is 0 Å². The minimum atomic E-state index is 0.209. The number of aromatic amines is 1. The highest BCUT2D eigenvalue weighted by atomic mass is 16.3. The molecule has 0 saturated heterocycles. The van der Waals surface area contributed by atoms with Gasteiger partial charge in [-0.3, -0.25) is 0 Å². The van der Waals surface area contributed by atoms with Gasteiger partial charge in [0.25, 0.3) is 0 Å². The smallest absolute Gasteiger partial charge is 0.241 e. The van der Waals surface area contributed by atoms with Crippen LogP contribution in [-0.2, 0) is 13.0 Å². The number of imidazole rings is 1. The Balaban J connectivity index is 1.89. The van der Waals surface area contributed by atoms with Crippen molar-refractivity contribution in [2.45, 2.75) is 84.1 Å². The lowest BCUT2D eigenvalue weighted by atomic mass is 10.1. The Hall–Kier alpha value is -0.830. The molecule has 1 rings (SSSR count). The molecule has 3 nitrogen and oxygen atoms in total. The van der Waals surface area contributed by atoms with Crippen LogP contribution in [0.4, 0.5) is 0 Å². The molecule has 0 fully saturated rings. The predicted octanol–water partition coefficient (Wildman–Crippen LogP) is 3.76. The fourth-order valence-corrected chi connectivity index (χ4v) is 2.62. The van der Waals surface area contributed by atoms with Crippen molar-refractivity contribution in [1.82, 2.24) is 4.98 Å². The van der Waals surface area contributed by atoms with Gasteiger partial charge < -0.3 is 5.11 Å². The Labute approximate surface area is 124 Å². The summed E-state index contributed by atoms with van der Waals surface area (Å²) in [5.41, 5.74) is 1.29. The second-order valence-corrected chi connectivity index (χ2v) is 5.82.